The second-order valence-corrected chi connectivity index (χ2v) is 8.76. The van der Waals surface area contributed by atoms with E-state index >= 15 is 0 Å². The molecule has 1 N–H and O–H groups in total. The third-order valence-electron chi connectivity index (χ3n) is 6.23. The summed E-state index contributed by atoms with van der Waals surface area (Å²) in [7, 11) is 0. The van der Waals surface area contributed by atoms with Crippen LogP contribution in [0.4, 0.5) is 0 Å². The third kappa shape index (κ3) is 6.78. The van der Waals surface area contributed by atoms with E-state index in [9.17, 15) is 9.59 Å². The molecule has 3 aromatic rings. The Balaban J connectivity index is 1.54. The Bertz CT molecular complexity index is 1030. The van der Waals surface area contributed by atoms with Crippen molar-refractivity contribution in [2.45, 2.75) is 37.8 Å². The van der Waals surface area contributed by atoms with Crippen LogP contribution in [0.1, 0.15) is 34.3 Å². The first kappa shape index (κ1) is 23.7. The number of amides is 1. The van der Waals surface area contributed by atoms with E-state index in [2.05, 4.69) is 17.4 Å². The maximum atomic E-state index is 13.8. The maximum absolute atomic E-state index is 13.8. The SMILES string of the molecule is O=C(O[C@H](Cc1ccccc1)C(=O)N(CCc1ccccc1)C[C@@H]1CCCN1)c1ccccc1. The Morgan fingerprint density at radius 1 is 0.882 bits per heavy atom. The predicted molar refractivity (Wildman–Crippen MR) is 134 cm³/mol. The van der Waals surface area contributed by atoms with Gasteiger partial charge in [-0.1, -0.05) is 78.9 Å². The van der Waals surface area contributed by atoms with Crippen molar-refractivity contribution in [2.75, 3.05) is 19.6 Å². The summed E-state index contributed by atoms with van der Waals surface area (Å²) < 4.78 is 5.85. The first-order valence-electron chi connectivity index (χ1n) is 12.0. The number of ether oxygens (including phenoxy) is 1. The monoisotopic (exact) mass is 456 g/mol. The van der Waals surface area contributed by atoms with Crippen LogP contribution < -0.4 is 5.32 Å². The molecule has 1 aliphatic rings. The van der Waals surface area contributed by atoms with E-state index in [1.54, 1.807) is 24.3 Å². The molecule has 0 aliphatic carbocycles. The molecule has 0 radical (unpaired) electrons. The molecule has 4 rings (SSSR count). The van der Waals surface area contributed by atoms with E-state index in [-0.39, 0.29) is 11.9 Å². The summed E-state index contributed by atoms with van der Waals surface area (Å²) in [6, 6.07) is 29.0. The van der Waals surface area contributed by atoms with Crippen molar-refractivity contribution in [1.29, 1.82) is 0 Å². The molecule has 34 heavy (non-hydrogen) atoms. The number of benzene rings is 3. The summed E-state index contributed by atoms with van der Waals surface area (Å²) >= 11 is 0. The molecular formula is C29H32N2O3. The molecule has 3 aromatic carbocycles. The smallest absolute Gasteiger partial charge is 0.338 e. The topological polar surface area (TPSA) is 58.6 Å². The molecule has 176 valence electrons. The van der Waals surface area contributed by atoms with Gasteiger partial charge in [0.15, 0.2) is 6.10 Å². The Hall–Kier alpha value is -3.44. The van der Waals surface area contributed by atoms with Crippen molar-refractivity contribution in [3.05, 3.63) is 108 Å². The van der Waals surface area contributed by atoms with Gasteiger partial charge in [0.05, 0.1) is 5.56 Å². The molecule has 0 saturated carbocycles. The van der Waals surface area contributed by atoms with Gasteiger partial charge in [0.2, 0.25) is 0 Å². The number of nitrogens with zero attached hydrogens (tertiary/aromatic N) is 1. The van der Waals surface area contributed by atoms with Crippen LogP contribution in [0.2, 0.25) is 0 Å². The molecule has 0 bridgehead atoms. The van der Waals surface area contributed by atoms with E-state index in [0.29, 0.717) is 25.1 Å². The normalized spacial score (nSPS) is 16.1. The van der Waals surface area contributed by atoms with Gasteiger partial charge in [-0.05, 0) is 49.1 Å². The highest BCUT2D eigenvalue weighted by Gasteiger charge is 2.30. The highest BCUT2D eigenvalue weighted by atomic mass is 16.5. The second kappa shape index (κ2) is 12.1. The number of esters is 1. The van der Waals surface area contributed by atoms with Gasteiger partial charge in [-0.2, -0.15) is 0 Å². The minimum atomic E-state index is -0.882. The molecule has 2 atom stereocenters. The number of carbonyl (C=O) groups is 2. The van der Waals surface area contributed by atoms with Crippen LogP contribution >= 0.6 is 0 Å². The van der Waals surface area contributed by atoms with E-state index in [4.69, 9.17) is 4.74 Å². The van der Waals surface area contributed by atoms with E-state index in [1.807, 2.05) is 59.5 Å². The molecule has 1 amide bonds. The maximum Gasteiger partial charge on any atom is 0.338 e. The third-order valence-corrected chi connectivity index (χ3v) is 6.23. The summed E-state index contributed by atoms with van der Waals surface area (Å²) in [4.78, 5) is 28.6. The van der Waals surface area contributed by atoms with Gasteiger partial charge in [-0.3, -0.25) is 4.79 Å². The van der Waals surface area contributed by atoms with Gasteiger partial charge in [-0.15, -0.1) is 0 Å². The lowest BCUT2D eigenvalue weighted by Crippen LogP contribution is -2.48. The largest absolute Gasteiger partial charge is 0.448 e. The molecule has 1 aliphatic heterocycles. The first-order valence-corrected chi connectivity index (χ1v) is 12.0. The van der Waals surface area contributed by atoms with Crippen molar-refractivity contribution in [2.24, 2.45) is 0 Å². The van der Waals surface area contributed by atoms with E-state index in [1.165, 1.54) is 5.56 Å². The lowest BCUT2D eigenvalue weighted by atomic mass is 10.1. The highest BCUT2D eigenvalue weighted by molar-refractivity contribution is 5.92. The number of nitrogens with one attached hydrogen (secondary N) is 1. The number of hydrogen-bond donors (Lipinski definition) is 1. The molecule has 1 saturated heterocycles. The number of rotatable bonds is 10. The summed E-state index contributed by atoms with van der Waals surface area (Å²) in [6.07, 6.45) is 2.37. The minimum absolute atomic E-state index is 0.141. The molecule has 1 fully saturated rings. The fourth-order valence-corrected chi connectivity index (χ4v) is 4.36. The van der Waals surface area contributed by atoms with Crippen LogP contribution in [-0.4, -0.2) is 48.6 Å². The van der Waals surface area contributed by atoms with Crippen LogP contribution in [0.5, 0.6) is 0 Å². The Morgan fingerprint density at radius 2 is 1.50 bits per heavy atom. The fraction of sp³-hybridized carbons (Fsp3) is 0.310. The van der Waals surface area contributed by atoms with Gasteiger partial charge >= 0.3 is 5.97 Å². The second-order valence-electron chi connectivity index (χ2n) is 8.76. The summed E-state index contributed by atoms with van der Waals surface area (Å²) in [5.41, 5.74) is 2.59. The van der Waals surface area contributed by atoms with Gasteiger partial charge in [0.1, 0.15) is 0 Å². The van der Waals surface area contributed by atoms with E-state index < -0.39 is 12.1 Å². The molecule has 0 spiro atoms. The quantitative estimate of drug-likeness (QED) is 0.463. The average molecular weight is 457 g/mol. The Labute approximate surface area is 201 Å². The van der Waals surface area contributed by atoms with Gasteiger partial charge in [0, 0.05) is 25.6 Å². The van der Waals surface area contributed by atoms with Gasteiger partial charge in [0.25, 0.3) is 5.91 Å². The molecule has 1 heterocycles. The number of hydrogen-bond acceptors (Lipinski definition) is 4. The average Bonchev–Trinajstić information content (AvgIpc) is 3.41. The lowest BCUT2D eigenvalue weighted by Gasteiger charge is -2.30. The molecule has 5 nitrogen and oxygen atoms in total. The molecule has 5 heteroatoms. The van der Waals surface area contributed by atoms with Crippen LogP contribution in [-0.2, 0) is 22.4 Å². The zero-order valence-electron chi connectivity index (χ0n) is 19.4. The lowest BCUT2D eigenvalue weighted by molar-refractivity contribution is -0.141. The summed E-state index contributed by atoms with van der Waals surface area (Å²) in [5.74, 6) is -0.616. The zero-order valence-corrected chi connectivity index (χ0v) is 19.4. The summed E-state index contributed by atoms with van der Waals surface area (Å²) in [6.45, 7) is 2.16. The zero-order chi connectivity index (χ0) is 23.6. The highest BCUT2D eigenvalue weighted by Crippen LogP contribution is 2.15. The predicted octanol–water partition coefficient (Wildman–Crippen LogP) is 4.28. The van der Waals surface area contributed by atoms with Crippen LogP contribution in [0.25, 0.3) is 0 Å². The number of carbonyl (C=O) groups excluding carboxylic acids is 2. The van der Waals surface area contributed by atoms with Crippen LogP contribution in [0, 0.1) is 0 Å². The van der Waals surface area contributed by atoms with E-state index in [0.717, 1.165) is 31.4 Å². The summed E-state index contributed by atoms with van der Waals surface area (Å²) in [5, 5.41) is 3.49. The standard InChI is InChI=1S/C29H32N2O3/c32-28(31(22-26-17-10-19-30-26)20-18-23-11-4-1-5-12-23)27(21-24-13-6-2-7-14-24)34-29(33)25-15-8-3-9-16-25/h1-9,11-16,26-27,30H,10,17-22H2/t26-,27+/m0/s1. The van der Waals surface area contributed by atoms with Crippen molar-refractivity contribution in [3.63, 3.8) is 0 Å². The molecular weight excluding hydrogens is 424 g/mol. The Morgan fingerprint density at radius 3 is 2.12 bits per heavy atom. The first-order chi connectivity index (χ1) is 16.7. The Kier molecular flexibility index (Phi) is 8.47. The van der Waals surface area contributed by atoms with Crippen LogP contribution in [0.15, 0.2) is 91.0 Å². The van der Waals surface area contributed by atoms with Gasteiger partial charge in [-0.25, -0.2) is 4.79 Å². The molecule has 0 unspecified atom stereocenters. The van der Waals surface area contributed by atoms with Crippen molar-refractivity contribution >= 4 is 11.9 Å². The fourth-order valence-electron chi connectivity index (χ4n) is 4.36. The van der Waals surface area contributed by atoms with Crippen LogP contribution in [0.3, 0.4) is 0 Å². The van der Waals surface area contributed by atoms with Crippen molar-refractivity contribution in [1.82, 2.24) is 10.2 Å². The minimum Gasteiger partial charge on any atom is -0.448 e. The molecule has 0 aromatic heterocycles. The van der Waals surface area contributed by atoms with Crippen molar-refractivity contribution in [3.8, 4) is 0 Å². The van der Waals surface area contributed by atoms with Gasteiger partial charge < -0.3 is 15.0 Å². The van der Waals surface area contributed by atoms with Crippen molar-refractivity contribution < 1.29 is 14.3 Å².